The van der Waals surface area contributed by atoms with E-state index in [1.54, 1.807) is 29.3 Å². The Balaban J connectivity index is 0.895. The number of alkyl carbamates (subject to hydrolysis) is 1. The van der Waals surface area contributed by atoms with Crippen molar-refractivity contribution in [1.82, 2.24) is 40.4 Å². The van der Waals surface area contributed by atoms with Crippen LogP contribution in [0.3, 0.4) is 0 Å². The molecule has 3 amide bonds. The molecule has 5 aliphatic rings. The molecule has 14 nitrogen and oxygen atoms in total. The van der Waals surface area contributed by atoms with Crippen molar-refractivity contribution in [3.63, 3.8) is 0 Å². The van der Waals surface area contributed by atoms with Gasteiger partial charge in [-0.05, 0) is 108 Å². The number of halogens is 2. The molecular weight excluding hydrogens is 835 g/mol. The number of methoxy groups -OCH3 is 2. The fraction of sp³-hybridized carbons (Fsp3) is 0.490. The van der Waals surface area contributed by atoms with Gasteiger partial charge < -0.3 is 39.7 Å². The number of nitrogens with one attached hydrogen (secondary N) is 4. The quantitative estimate of drug-likeness (QED) is 0.0784. The normalized spacial score (nSPS) is 23.6. The fourth-order valence-corrected chi connectivity index (χ4v) is 11.1. The van der Waals surface area contributed by atoms with Crippen molar-refractivity contribution in [1.29, 1.82) is 0 Å². The molecular formula is C49H56F2N8O6. The number of hydrogen-bond donors (Lipinski definition) is 5. The highest BCUT2D eigenvalue weighted by molar-refractivity contribution is 5.88. The molecule has 2 saturated carbocycles. The maximum absolute atomic E-state index is 16.7. The summed E-state index contributed by atoms with van der Waals surface area (Å²) in [5.74, 6) is -2.35. The Labute approximate surface area is 375 Å². The van der Waals surface area contributed by atoms with Gasteiger partial charge in [-0.2, -0.15) is 8.78 Å². The topological polar surface area (TPSA) is 178 Å². The highest BCUT2D eigenvalue weighted by Crippen LogP contribution is 2.59. The van der Waals surface area contributed by atoms with Crippen molar-refractivity contribution < 1.29 is 37.7 Å². The van der Waals surface area contributed by atoms with E-state index in [-0.39, 0.29) is 64.2 Å². The number of fused-ring (bicyclic) bond motifs is 6. The molecule has 342 valence electrons. The number of rotatable bonds is 12. The average Bonchev–Trinajstić information content (AvgIpc) is 3.95. The largest absolute Gasteiger partial charge is 0.453 e. The van der Waals surface area contributed by atoms with Crippen LogP contribution in [-0.2, 0) is 25.0 Å². The summed E-state index contributed by atoms with van der Waals surface area (Å²) in [7, 11) is 2.64. The number of alkyl halides is 2. The number of carbonyl (C=O) groups excluding carboxylic acids is 3. The van der Waals surface area contributed by atoms with E-state index in [4.69, 9.17) is 19.4 Å². The second-order valence-corrected chi connectivity index (χ2v) is 19.6. The lowest BCUT2D eigenvalue weighted by atomic mass is 9.95. The zero-order valence-corrected chi connectivity index (χ0v) is 37.5. The molecule has 3 aromatic carbocycles. The number of nitrogens with zero attached hydrogens (tertiary/aromatic N) is 4. The van der Waals surface area contributed by atoms with Gasteiger partial charge in [-0.15, -0.1) is 0 Å². The number of likely N-dealkylation sites (tertiary alicyclic amines) is 2. The zero-order chi connectivity index (χ0) is 45.7. The van der Waals surface area contributed by atoms with Crippen LogP contribution in [0.15, 0.2) is 60.8 Å². The van der Waals surface area contributed by atoms with Crippen molar-refractivity contribution in [3.8, 4) is 33.5 Å². The molecule has 1 unspecified atom stereocenters. The number of aromatic amines is 2. The number of aliphatic hydroxyl groups excluding tert-OH is 1. The number of imidazole rings is 2. The van der Waals surface area contributed by atoms with Crippen molar-refractivity contribution in [2.75, 3.05) is 20.8 Å². The van der Waals surface area contributed by atoms with Gasteiger partial charge in [-0.3, -0.25) is 14.9 Å². The molecule has 4 heterocycles. The maximum atomic E-state index is 16.7. The van der Waals surface area contributed by atoms with E-state index in [1.807, 2.05) is 62.9 Å². The van der Waals surface area contributed by atoms with E-state index in [1.165, 1.54) is 20.3 Å². The zero-order valence-electron chi connectivity index (χ0n) is 37.5. The first-order valence-corrected chi connectivity index (χ1v) is 22.8. The first-order valence-electron chi connectivity index (χ1n) is 22.8. The summed E-state index contributed by atoms with van der Waals surface area (Å²) in [4.78, 5) is 60.5. The second-order valence-electron chi connectivity index (χ2n) is 19.6. The summed E-state index contributed by atoms with van der Waals surface area (Å²) < 4.78 is 43.2. The molecule has 5 aromatic rings. The van der Waals surface area contributed by atoms with E-state index in [9.17, 15) is 19.5 Å². The van der Waals surface area contributed by atoms with E-state index in [2.05, 4.69) is 20.6 Å². The van der Waals surface area contributed by atoms with Gasteiger partial charge in [-0.1, -0.05) is 58.0 Å². The highest BCUT2D eigenvalue weighted by atomic mass is 19.3. The number of aromatic nitrogens is 4. The van der Waals surface area contributed by atoms with Crippen LogP contribution >= 0.6 is 0 Å². The molecule has 0 radical (unpaired) electrons. The fourth-order valence-electron chi connectivity index (χ4n) is 11.1. The molecule has 1 spiro atoms. The van der Waals surface area contributed by atoms with Crippen molar-refractivity contribution in [2.24, 2.45) is 23.2 Å². The molecule has 16 heteroatoms. The smallest absolute Gasteiger partial charge is 0.407 e. The average molecular weight is 891 g/mol. The predicted octanol–water partition coefficient (Wildman–Crippen LogP) is 7.76. The second kappa shape index (κ2) is 16.0. The standard InChI is InChI=1S/C49H56F2N8O6/c1-24(2)39(56-46(62)64-5)44(60)58-23-48(15-16-48)21-38(58)42-52-22-37(55-42)28-9-13-32-31-12-8-26(18-33(31)49(50,51)34(32)19-28)27-10-14-35-36(20-27)54-43(53-35)41-29-7-11-30(17-29)59(41)45(61)40(25(3)4)57-47(63)65-6/h8-10,12-14,18-20,22,24-25,29-30,38-41,47,57,63H,7,11,15-17,21,23H2,1-6H3,(H,52,55)(H,53,54)(H,56,62)/t29-,30+,38-,39-,40-,41-,47?/m0/s1. The summed E-state index contributed by atoms with van der Waals surface area (Å²) in [6.45, 7) is 8.17. The first-order chi connectivity index (χ1) is 31.1. The van der Waals surface area contributed by atoms with Crippen LogP contribution < -0.4 is 10.6 Å². The molecule has 10 rings (SSSR count). The Bertz CT molecular complexity index is 2690. The van der Waals surface area contributed by atoms with Crippen LogP contribution in [-0.4, -0.2) is 98.1 Å². The molecule has 2 bridgehead atoms. The highest BCUT2D eigenvalue weighted by Gasteiger charge is 2.56. The number of aliphatic hydroxyl groups is 1. The predicted molar refractivity (Wildman–Crippen MR) is 238 cm³/mol. The number of carbonyl (C=O) groups is 3. The van der Waals surface area contributed by atoms with Crippen molar-refractivity contribution in [3.05, 3.63) is 83.6 Å². The number of amides is 3. The number of hydrogen-bond acceptors (Lipinski definition) is 9. The molecule has 2 aliphatic heterocycles. The molecule has 3 aliphatic carbocycles. The lowest BCUT2D eigenvalue weighted by molar-refractivity contribution is -0.148. The Hall–Kier alpha value is -5.71. The molecule has 2 saturated heterocycles. The van der Waals surface area contributed by atoms with Crippen LogP contribution in [0.5, 0.6) is 0 Å². The Morgan fingerprint density at radius 3 is 2.22 bits per heavy atom. The van der Waals surface area contributed by atoms with Crippen molar-refractivity contribution >= 4 is 28.9 Å². The number of piperidine rings is 1. The third-order valence-corrected chi connectivity index (χ3v) is 14.8. The van der Waals surface area contributed by atoms with Crippen LogP contribution in [0.2, 0.25) is 0 Å². The molecule has 7 atom stereocenters. The lowest BCUT2D eigenvalue weighted by Gasteiger charge is -2.38. The van der Waals surface area contributed by atoms with Crippen LogP contribution in [0.1, 0.15) is 101 Å². The van der Waals surface area contributed by atoms with Gasteiger partial charge in [0.25, 0.3) is 5.92 Å². The number of H-pyrrole nitrogens is 2. The van der Waals surface area contributed by atoms with E-state index >= 15 is 8.78 Å². The van der Waals surface area contributed by atoms with Crippen LogP contribution in [0, 0.1) is 23.2 Å². The minimum atomic E-state index is -3.28. The summed E-state index contributed by atoms with van der Waals surface area (Å²) in [5, 5.41) is 15.8. The Kier molecular flexibility index (Phi) is 10.6. The number of ether oxygens (including phenoxy) is 2. The van der Waals surface area contributed by atoms with Gasteiger partial charge in [0.1, 0.15) is 17.7 Å². The summed E-state index contributed by atoms with van der Waals surface area (Å²) in [6, 6.07) is 14.0. The third kappa shape index (κ3) is 7.37. The van der Waals surface area contributed by atoms with Crippen molar-refractivity contribution in [2.45, 2.75) is 109 Å². The van der Waals surface area contributed by atoms with Crippen LogP contribution in [0.4, 0.5) is 13.6 Å². The SMILES string of the molecule is COC(=O)N[C@H](C(=O)N1CC2(CC2)C[C@H]1c1ncc(-c2ccc3c(c2)C(F)(F)c2cc(-c4ccc5nc([C@@H]6[C@H]7CC[C@H](C7)N6C(=O)[C@@H](NC(O)OC)C(C)C)[nH]c5c4)ccc2-3)[nH]1)C(C)C. The maximum Gasteiger partial charge on any atom is 0.407 e. The Morgan fingerprint density at radius 2 is 1.54 bits per heavy atom. The molecule has 4 fully saturated rings. The molecule has 5 N–H and O–H groups in total. The summed E-state index contributed by atoms with van der Waals surface area (Å²) in [6.07, 6.45) is 5.20. The van der Waals surface area contributed by atoms with Gasteiger partial charge in [-0.25, -0.2) is 14.8 Å². The number of benzene rings is 3. The first kappa shape index (κ1) is 43.2. The van der Waals surface area contributed by atoms with Gasteiger partial charge >= 0.3 is 6.09 Å². The third-order valence-electron chi connectivity index (χ3n) is 14.8. The summed E-state index contributed by atoms with van der Waals surface area (Å²) in [5.41, 5.74) is 4.76. The van der Waals surface area contributed by atoms with E-state index in [0.29, 0.717) is 46.1 Å². The lowest BCUT2D eigenvalue weighted by Crippen LogP contribution is -2.55. The van der Waals surface area contributed by atoms with E-state index in [0.717, 1.165) is 55.1 Å². The van der Waals surface area contributed by atoms with Gasteiger partial charge in [0.15, 0.2) is 0 Å². The molecule has 65 heavy (non-hydrogen) atoms. The molecule has 2 aromatic heterocycles. The monoisotopic (exact) mass is 890 g/mol. The van der Waals surface area contributed by atoms with Gasteiger partial charge in [0.05, 0.1) is 48.2 Å². The van der Waals surface area contributed by atoms with Gasteiger partial charge in [0.2, 0.25) is 18.2 Å². The summed E-state index contributed by atoms with van der Waals surface area (Å²) >= 11 is 0. The minimum absolute atomic E-state index is 0.0123. The Morgan fingerprint density at radius 1 is 0.862 bits per heavy atom. The van der Waals surface area contributed by atoms with E-state index < -0.39 is 30.5 Å². The van der Waals surface area contributed by atoms with Gasteiger partial charge in [0, 0.05) is 36.4 Å². The van der Waals surface area contributed by atoms with Crippen LogP contribution in [0.25, 0.3) is 44.5 Å². The minimum Gasteiger partial charge on any atom is -0.453 e.